The number of piperidine rings is 1. The molecule has 1 unspecified atom stereocenters. The van der Waals surface area contributed by atoms with Crippen molar-refractivity contribution in [3.05, 3.63) is 24.3 Å². The van der Waals surface area contributed by atoms with E-state index in [1.807, 2.05) is 0 Å². The normalized spacial score (nSPS) is 22.1. The summed E-state index contributed by atoms with van der Waals surface area (Å²) in [6.07, 6.45) is 3.58. The SMILES string of the molecule is C[C@@H]1CCCC[NH+]1CC(=O)Nc1ccc(S(=O)(=O)N(C)C)cc1. The molecule has 2 atom stereocenters. The van der Waals surface area contributed by atoms with Gasteiger partial charge in [-0.1, -0.05) is 0 Å². The van der Waals surface area contributed by atoms with Gasteiger partial charge in [0.1, 0.15) is 0 Å². The van der Waals surface area contributed by atoms with E-state index in [0.29, 0.717) is 18.3 Å². The first-order chi connectivity index (χ1) is 10.8. The van der Waals surface area contributed by atoms with Crippen LogP contribution in [0.4, 0.5) is 5.69 Å². The summed E-state index contributed by atoms with van der Waals surface area (Å²) in [6.45, 7) is 3.68. The van der Waals surface area contributed by atoms with E-state index >= 15 is 0 Å². The van der Waals surface area contributed by atoms with Crippen LogP contribution in [0.1, 0.15) is 26.2 Å². The van der Waals surface area contributed by atoms with E-state index in [4.69, 9.17) is 0 Å². The molecule has 2 N–H and O–H groups in total. The van der Waals surface area contributed by atoms with Crippen LogP contribution in [0.2, 0.25) is 0 Å². The van der Waals surface area contributed by atoms with Crippen molar-refractivity contribution in [2.75, 3.05) is 32.5 Å². The van der Waals surface area contributed by atoms with Crippen molar-refractivity contribution in [1.82, 2.24) is 4.31 Å². The fourth-order valence-corrected chi connectivity index (χ4v) is 3.75. The highest BCUT2D eigenvalue weighted by molar-refractivity contribution is 7.89. The molecular weight excluding hydrogens is 314 g/mol. The summed E-state index contributed by atoms with van der Waals surface area (Å²) >= 11 is 0. The molecule has 2 rings (SSSR count). The average molecular weight is 340 g/mol. The number of nitrogens with one attached hydrogen (secondary N) is 2. The van der Waals surface area contributed by atoms with E-state index in [1.54, 1.807) is 12.1 Å². The van der Waals surface area contributed by atoms with E-state index in [2.05, 4.69) is 12.2 Å². The lowest BCUT2D eigenvalue weighted by Gasteiger charge is -2.29. The lowest BCUT2D eigenvalue weighted by atomic mass is 10.0. The van der Waals surface area contributed by atoms with Crippen molar-refractivity contribution >= 4 is 21.6 Å². The monoisotopic (exact) mass is 340 g/mol. The summed E-state index contributed by atoms with van der Waals surface area (Å²) in [5.74, 6) is -0.0306. The molecule has 6 nitrogen and oxygen atoms in total. The summed E-state index contributed by atoms with van der Waals surface area (Å²) in [4.78, 5) is 13.7. The van der Waals surface area contributed by atoms with Gasteiger partial charge in [-0.15, -0.1) is 0 Å². The second-order valence-electron chi connectivity index (χ2n) is 6.34. The lowest BCUT2D eigenvalue weighted by Crippen LogP contribution is -3.17. The minimum absolute atomic E-state index is 0.0306. The van der Waals surface area contributed by atoms with Gasteiger partial charge < -0.3 is 10.2 Å². The Morgan fingerprint density at radius 1 is 1.26 bits per heavy atom. The molecule has 1 fully saturated rings. The number of nitrogens with zero attached hydrogens (tertiary/aromatic N) is 1. The van der Waals surface area contributed by atoms with Gasteiger partial charge in [0.25, 0.3) is 5.91 Å². The Bertz CT molecular complexity index is 641. The zero-order valence-electron chi connectivity index (χ0n) is 14.0. The Morgan fingerprint density at radius 2 is 1.91 bits per heavy atom. The molecule has 1 heterocycles. The maximum absolute atomic E-state index is 12.2. The molecule has 128 valence electrons. The molecule has 1 aliphatic rings. The Kier molecular flexibility index (Phi) is 5.78. The van der Waals surface area contributed by atoms with Crippen molar-refractivity contribution in [2.24, 2.45) is 0 Å². The smallest absolute Gasteiger partial charge is 0.279 e. The fourth-order valence-electron chi connectivity index (χ4n) is 2.85. The number of amides is 1. The van der Waals surface area contributed by atoms with E-state index in [-0.39, 0.29) is 10.8 Å². The highest BCUT2D eigenvalue weighted by Gasteiger charge is 2.24. The molecule has 0 radical (unpaired) electrons. The van der Waals surface area contributed by atoms with Gasteiger partial charge in [-0.05, 0) is 50.5 Å². The maximum Gasteiger partial charge on any atom is 0.279 e. The van der Waals surface area contributed by atoms with Crippen LogP contribution >= 0.6 is 0 Å². The van der Waals surface area contributed by atoms with Gasteiger partial charge in [0.2, 0.25) is 10.0 Å². The Labute approximate surface area is 138 Å². The molecule has 0 bridgehead atoms. The third-order valence-corrected chi connectivity index (χ3v) is 6.22. The molecule has 1 aromatic rings. The quantitative estimate of drug-likeness (QED) is 0.812. The largest absolute Gasteiger partial charge is 0.325 e. The summed E-state index contributed by atoms with van der Waals surface area (Å²) in [7, 11) is -0.448. The predicted molar refractivity (Wildman–Crippen MR) is 90.0 cm³/mol. The minimum atomic E-state index is -3.44. The molecular formula is C16H26N3O3S+. The molecule has 23 heavy (non-hydrogen) atoms. The van der Waals surface area contributed by atoms with Crippen molar-refractivity contribution in [1.29, 1.82) is 0 Å². The third-order valence-electron chi connectivity index (χ3n) is 4.39. The van der Waals surface area contributed by atoms with E-state index in [1.165, 1.54) is 54.7 Å². The van der Waals surface area contributed by atoms with Gasteiger partial charge in [0, 0.05) is 19.8 Å². The van der Waals surface area contributed by atoms with Gasteiger partial charge in [-0.2, -0.15) is 0 Å². The number of carbonyl (C=O) groups is 1. The second-order valence-corrected chi connectivity index (χ2v) is 8.49. The van der Waals surface area contributed by atoms with Gasteiger partial charge >= 0.3 is 0 Å². The number of quaternary nitrogens is 1. The molecule has 1 aliphatic heterocycles. The highest BCUT2D eigenvalue weighted by atomic mass is 32.2. The first kappa shape index (κ1) is 17.9. The zero-order valence-corrected chi connectivity index (χ0v) is 14.8. The first-order valence-electron chi connectivity index (χ1n) is 7.97. The molecule has 0 aliphatic carbocycles. The number of rotatable bonds is 5. The number of hydrogen-bond acceptors (Lipinski definition) is 3. The summed E-state index contributed by atoms with van der Waals surface area (Å²) in [6, 6.07) is 6.80. The zero-order chi connectivity index (χ0) is 17.0. The molecule has 1 amide bonds. The van der Waals surface area contributed by atoms with Gasteiger partial charge in [-0.3, -0.25) is 4.79 Å². The molecule has 1 aromatic carbocycles. The van der Waals surface area contributed by atoms with Crippen LogP contribution in [0, 0.1) is 0 Å². The summed E-state index contributed by atoms with van der Waals surface area (Å²) in [5.41, 5.74) is 0.622. The number of sulfonamides is 1. The van der Waals surface area contributed by atoms with Gasteiger partial charge in [0.15, 0.2) is 6.54 Å². The lowest BCUT2D eigenvalue weighted by molar-refractivity contribution is -0.920. The van der Waals surface area contributed by atoms with Crippen LogP contribution in [0.25, 0.3) is 0 Å². The fraction of sp³-hybridized carbons (Fsp3) is 0.562. The molecule has 1 saturated heterocycles. The molecule has 0 saturated carbocycles. The van der Waals surface area contributed by atoms with E-state index < -0.39 is 10.0 Å². The van der Waals surface area contributed by atoms with Crippen molar-refractivity contribution in [2.45, 2.75) is 37.1 Å². The molecule has 0 spiro atoms. The van der Waals surface area contributed by atoms with Gasteiger partial charge in [0.05, 0.1) is 17.5 Å². The maximum atomic E-state index is 12.2. The molecule has 0 aromatic heterocycles. The topological polar surface area (TPSA) is 70.9 Å². The van der Waals surface area contributed by atoms with Crippen molar-refractivity contribution in [3.63, 3.8) is 0 Å². The van der Waals surface area contributed by atoms with E-state index in [9.17, 15) is 13.2 Å². The average Bonchev–Trinajstić information content (AvgIpc) is 2.50. The summed E-state index contributed by atoms with van der Waals surface area (Å²) in [5, 5.41) is 2.85. The van der Waals surface area contributed by atoms with Crippen LogP contribution in [-0.4, -0.2) is 51.9 Å². The van der Waals surface area contributed by atoms with Crippen LogP contribution in [-0.2, 0) is 14.8 Å². The van der Waals surface area contributed by atoms with Crippen LogP contribution in [0.15, 0.2) is 29.2 Å². The van der Waals surface area contributed by atoms with Crippen molar-refractivity contribution < 1.29 is 18.1 Å². The number of hydrogen-bond donors (Lipinski definition) is 2. The third kappa shape index (κ3) is 4.53. The van der Waals surface area contributed by atoms with Crippen molar-refractivity contribution in [3.8, 4) is 0 Å². The standard InChI is InChI=1S/C16H25N3O3S/c1-13-6-4-5-11-19(13)12-16(20)17-14-7-9-15(10-8-14)23(21,22)18(2)3/h7-10,13H,4-6,11-12H2,1-3H3,(H,17,20)/p+1/t13-/m1/s1. The number of anilines is 1. The molecule has 7 heteroatoms. The number of likely N-dealkylation sites (tertiary alicyclic amines) is 1. The highest BCUT2D eigenvalue weighted by Crippen LogP contribution is 2.16. The van der Waals surface area contributed by atoms with E-state index in [0.717, 1.165) is 6.54 Å². The Balaban J connectivity index is 1.97. The number of carbonyl (C=O) groups excluding carboxylic acids is 1. The first-order valence-corrected chi connectivity index (χ1v) is 9.41. The van der Waals surface area contributed by atoms with Crippen LogP contribution in [0.5, 0.6) is 0 Å². The van der Waals surface area contributed by atoms with Crippen LogP contribution in [0.3, 0.4) is 0 Å². The second kappa shape index (κ2) is 7.42. The predicted octanol–water partition coefficient (Wildman–Crippen LogP) is 0.333. The minimum Gasteiger partial charge on any atom is -0.325 e. The number of benzene rings is 1. The Hall–Kier alpha value is -1.44. The van der Waals surface area contributed by atoms with Crippen LogP contribution < -0.4 is 10.2 Å². The Morgan fingerprint density at radius 3 is 2.48 bits per heavy atom. The van der Waals surface area contributed by atoms with Gasteiger partial charge in [-0.25, -0.2) is 12.7 Å². The summed E-state index contributed by atoms with van der Waals surface area (Å²) < 4.78 is 25.2.